The average molecular weight is 363 g/mol. The molecule has 2 aliphatic rings. The van der Waals surface area contributed by atoms with E-state index in [2.05, 4.69) is 4.74 Å². The van der Waals surface area contributed by atoms with E-state index in [9.17, 15) is 19.7 Å². The van der Waals surface area contributed by atoms with Gasteiger partial charge in [0.2, 0.25) is 0 Å². The van der Waals surface area contributed by atoms with Crippen molar-refractivity contribution in [1.82, 2.24) is 4.90 Å². The Morgan fingerprint density at radius 2 is 2.04 bits per heavy atom. The molecule has 1 aromatic carbocycles. The van der Waals surface area contributed by atoms with E-state index in [1.165, 1.54) is 19.2 Å². The SMILES string of the molecule is COC(=O)c1ccc(N2CCC(N3CCCOC3=O)CC2)c([N+](=O)[O-])c1. The quantitative estimate of drug-likeness (QED) is 0.459. The first-order chi connectivity index (χ1) is 12.5. The average Bonchev–Trinajstić information content (AvgIpc) is 2.67. The van der Waals surface area contributed by atoms with Crippen LogP contribution in [0.4, 0.5) is 16.2 Å². The van der Waals surface area contributed by atoms with Crippen LogP contribution in [-0.2, 0) is 9.47 Å². The van der Waals surface area contributed by atoms with Crippen LogP contribution in [0, 0.1) is 10.1 Å². The molecular weight excluding hydrogens is 342 g/mol. The van der Waals surface area contributed by atoms with Crippen LogP contribution in [0.2, 0.25) is 0 Å². The highest BCUT2D eigenvalue weighted by molar-refractivity contribution is 5.91. The molecule has 0 radical (unpaired) electrons. The number of nitro groups is 1. The number of carbonyl (C=O) groups is 2. The van der Waals surface area contributed by atoms with E-state index >= 15 is 0 Å². The molecule has 1 amide bonds. The Morgan fingerprint density at radius 1 is 1.31 bits per heavy atom. The Kier molecular flexibility index (Phi) is 5.24. The highest BCUT2D eigenvalue weighted by atomic mass is 16.6. The van der Waals surface area contributed by atoms with Crippen molar-refractivity contribution in [2.75, 3.05) is 38.3 Å². The lowest BCUT2D eigenvalue weighted by molar-refractivity contribution is -0.384. The zero-order valence-electron chi connectivity index (χ0n) is 14.6. The summed E-state index contributed by atoms with van der Waals surface area (Å²) in [4.78, 5) is 38.1. The second-order valence-corrected chi connectivity index (χ2v) is 6.33. The predicted octanol–water partition coefficient (Wildman–Crippen LogP) is 2.19. The van der Waals surface area contributed by atoms with Gasteiger partial charge in [0.15, 0.2) is 0 Å². The third-order valence-corrected chi connectivity index (χ3v) is 4.84. The lowest BCUT2D eigenvalue weighted by atomic mass is 10.0. The summed E-state index contributed by atoms with van der Waals surface area (Å²) in [6, 6.07) is 4.45. The van der Waals surface area contributed by atoms with E-state index in [1.54, 1.807) is 11.0 Å². The smallest absolute Gasteiger partial charge is 0.410 e. The molecule has 1 aromatic rings. The van der Waals surface area contributed by atoms with Crippen LogP contribution in [0.1, 0.15) is 29.6 Å². The minimum Gasteiger partial charge on any atom is -0.465 e. The topological polar surface area (TPSA) is 102 Å². The summed E-state index contributed by atoms with van der Waals surface area (Å²) in [5.41, 5.74) is 0.500. The number of hydrogen-bond acceptors (Lipinski definition) is 7. The van der Waals surface area contributed by atoms with Crippen molar-refractivity contribution in [3.63, 3.8) is 0 Å². The summed E-state index contributed by atoms with van der Waals surface area (Å²) in [6.45, 7) is 2.34. The van der Waals surface area contributed by atoms with Gasteiger partial charge in [0.25, 0.3) is 5.69 Å². The van der Waals surface area contributed by atoms with Crippen LogP contribution >= 0.6 is 0 Å². The second-order valence-electron chi connectivity index (χ2n) is 6.33. The summed E-state index contributed by atoms with van der Waals surface area (Å²) < 4.78 is 9.72. The second kappa shape index (κ2) is 7.59. The number of amides is 1. The molecule has 2 saturated heterocycles. The molecule has 26 heavy (non-hydrogen) atoms. The molecule has 9 heteroatoms. The van der Waals surface area contributed by atoms with Gasteiger partial charge in [0.05, 0.1) is 24.2 Å². The highest BCUT2D eigenvalue weighted by Gasteiger charge is 2.32. The van der Waals surface area contributed by atoms with Crippen molar-refractivity contribution in [2.24, 2.45) is 0 Å². The molecule has 140 valence electrons. The lowest BCUT2D eigenvalue weighted by Gasteiger charge is -2.40. The van der Waals surface area contributed by atoms with Crippen LogP contribution in [-0.4, -0.2) is 61.3 Å². The van der Waals surface area contributed by atoms with Crippen molar-refractivity contribution in [2.45, 2.75) is 25.3 Å². The summed E-state index contributed by atoms with van der Waals surface area (Å²) in [5.74, 6) is -0.609. The molecule has 0 aromatic heterocycles. The summed E-state index contributed by atoms with van der Waals surface area (Å²) in [7, 11) is 1.23. The van der Waals surface area contributed by atoms with Crippen molar-refractivity contribution in [1.29, 1.82) is 0 Å². The zero-order valence-corrected chi connectivity index (χ0v) is 14.6. The van der Waals surface area contributed by atoms with Gasteiger partial charge in [-0.1, -0.05) is 0 Å². The number of piperidine rings is 1. The number of esters is 1. The maximum atomic E-state index is 11.9. The van der Waals surface area contributed by atoms with Crippen molar-refractivity contribution in [3.05, 3.63) is 33.9 Å². The number of rotatable bonds is 4. The van der Waals surface area contributed by atoms with Gasteiger partial charge < -0.3 is 19.3 Å². The predicted molar refractivity (Wildman–Crippen MR) is 92.3 cm³/mol. The molecule has 9 nitrogen and oxygen atoms in total. The van der Waals surface area contributed by atoms with E-state index in [4.69, 9.17) is 4.74 Å². The van der Waals surface area contributed by atoms with Crippen LogP contribution < -0.4 is 4.90 Å². The van der Waals surface area contributed by atoms with Gasteiger partial charge in [-0.15, -0.1) is 0 Å². The van der Waals surface area contributed by atoms with E-state index in [0.29, 0.717) is 44.8 Å². The van der Waals surface area contributed by atoms with Crippen molar-refractivity contribution < 1.29 is 24.0 Å². The Morgan fingerprint density at radius 3 is 2.65 bits per heavy atom. The summed E-state index contributed by atoms with van der Waals surface area (Å²) >= 11 is 0. The van der Waals surface area contributed by atoms with Crippen LogP contribution in [0.3, 0.4) is 0 Å². The molecule has 2 fully saturated rings. The van der Waals surface area contributed by atoms with Crippen LogP contribution in [0.15, 0.2) is 18.2 Å². The van der Waals surface area contributed by atoms with E-state index < -0.39 is 10.9 Å². The van der Waals surface area contributed by atoms with Gasteiger partial charge in [0, 0.05) is 31.7 Å². The molecule has 0 saturated carbocycles. The minimum atomic E-state index is -0.609. The van der Waals surface area contributed by atoms with Crippen molar-refractivity contribution in [3.8, 4) is 0 Å². The van der Waals surface area contributed by atoms with Gasteiger partial charge in [-0.25, -0.2) is 9.59 Å². The standard InChI is InChI=1S/C17H21N3O6/c1-25-16(21)12-3-4-14(15(11-12)20(23)24)18-8-5-13(6-9-18)19-7-2-10-26-17(19)22/h3-4,11,13H,2,5-10H2,1H3. The highest BCUT2D eigenvalue weighted by Crippen LogP contribution is 2.32. The summed E-state index contributed by atoms with van der Waals surface area (Å²) in [5, 5.41) is 11.4. The molecule has 0 N–H and O–H groups in total. The molecule has 2 aliphatic heterocycles. The third-order valence-electron chi connectivity index (χ3n) is 4.84. The molecule has 0 atom stereocenters. The Balaban J connectivity index is 1.73. The number of carbonyl (C=O) groups excluding carboxylic acids is 2. The maximum absolute atomic E-state index is 11.9. The number of methoxy groups -OCH3 is 1. The van der Waals surface area contributed by atoms with E-state index in [1.807, 2.05) is 4.90 Å². The molecule has 0 aliphatic carbocycles. The van der Waals surface area contributed by atoms with Gasteiger partial charge in [-0.05, 0) is 31.4 Å². The fraction of sp³-hybridized carbons (Fsp3) is 0.529. The number of benzene rings is 1. The monoisotopic (exact) mass is 363 g/mol. The zero-order chi connectivity index (χ0) is 18.7. The number of nitro benzene ring substituents is 1. The van der Waals surface area contributed by atoms with Gasteiger partial charge in [-0.2, -0.15) is 0 Å². The van der Waals surface area contributed by atoms with Gasteiger partial charge >= 0.3 is 12.1 Å². The largest absolute Gasteiger partial charge is 0.465 e. The third kappa shape index (κ3) is 3.56. The fourth-order valence-electron chi connectivity index (χ4n) is 3.50. The van der Waals surface area contributed by atoms with Gasteiger partial charge in [-0.3, -0.25) is 10.1 Å². The fourth-order valence-corrected chi connectivity index (χ4v) is 3.50. The minimum absolute atomic E-state index is 0.0902. The van der Waals surface area contributed by atoms with Crippen LogP contribution in [0.5, 0.6) is 0 Å². The number of ether oxygens (including phenoxy) is 2. The lowest BCUT2D eigenvalue weighted by Crippen LogP contribution is -2.50. The number of anilines is 1. The number of cyclic esters (lactones) is 1. The van der Waals surface area contributed by atoms with Crippen molar-refractivity contribution >= 4 is 23.4 Å². The van der Waals surface area contributed by atoms with Crippen LogP contribution in [0.25, 0.3) is 0 Å². The normalized spacial score (nSPS) is 18.4. The molecular formula is C17H21N3O6. The Bertz CT molecular complexity index is 714. The van der Waals surface area contributed by atoms with E-state index in [0.717, 1.165) is 6.42 Å². The first kappa shape index (κ1) is 18.0. The first-order valence-corrected chi connectivity index (χ1v) is 8.56. The Hall–Kier alpha value is -2.84. The molecule has 0 bridgehead atoms. The Labute approximate surface area is 150 Å². The molecule has 2 heterocycles. The van der Waals surface area contributed by atoms with E-state index in [-0.39, 0.29) is 23.4 Å². The first-order valence-electron chi connectivity index (χ1n) is 8.56. The molecule has 0 spiro atoms. The van der Waals surface area contributed by atoms with Gasteiger partial charge in [0.1, 0.15) is 5.69 Å². The molecule has 0 unspecified atom stereocenters. The summed E-state index contributed by atoms with van der Waals surface area (Å²) in [6.07, 6.45) is 1.98. The number of nitrogens with zero attached hydrogens (tertiary/aromatic N) is 3. The molecule has 3 rings (SSSR count). The maximum Gasteiger partial charge on any atom is 0.410 e. The number of hydrogen-bond donors (Lipinski definition) is 0.